The summed E-state index contributed by atoms with van der Waals surface area (Å²) in [6, 6.07) is 24.8. The highest BCUT2D eigenvalue weighted by molar-refractivity contribution is 5.88. The van der Waals surface area contributed by atoms with Crippen molar-refractivity contribution in [1.29, 1.82) is 0 Å². The van der Waals surface area contributed by atoms with Crippen LogP contribution in [0.5, 0.6) is 0 Å². The van der Waals surface area contributed by atoms with E-state index in [0.29, 0.717) is 13.0 Å². The van der Waals surface area contributed by atoms with Crippen LogP contribution in [0.3, 0.4) is 0 Å². The van der Waals surface area contributed by atoms with Crippen LogP contribution < -0.4 is 0 Å². The molecule has 3 nitrogen and oxygen atoms in total. The first-order valence-corrected chi connectivity index (χ1v) is 9.71. The average Bonchev–Trinajstić information content (AvgIpc) is 3.13. The van der Waals surface area contributed by atoms with Crippen LogP contribution in [0.15, 0.2) is 104 Å². The molecule has 0 unspecified atom stereocenters. The Morgan fingerprint density at radius 2 is 1.50 bits per heavy atom. The highest BCUT2D eigenvalue weighted by Gasteiger charge is 2.21. The van der Waals surface area contributed by atoms with Gasteiger partial charge in [-0.1, -0.05) is 80.2 Å². The van der Waals surface area contributed by atoms with Gasteiger partial charge < -0.3 is 4.57 Å². The lowest BCUT2D eigenvalue weighted by molar-refractivity contribution is 0.768. The first-order valence-electron chi connectivity index (χ1n) is 9.71. The fourth-order valence-corrected chi connectivity index (χ4v) is 3.62. The van der Waals surface area contributed by atoms with Crippen molar-refractivity contribution < 1.29 is 0 Å². The van der Waals surface area contributed by atoms with Crippen molar-refractivity contribution in [2.24, 2.45) is 0 Å². The van der Waals surface area contributed by atoms with Gasteiger partial charge in [-0.05, 0) is 23.3 Å². The third kappa shape index (κ3) is 4.01. The Bertz CT molecular complexity index is 1130. The van der Waals surface area contributed by atoms with Crippen LogP contribution in [-0.2, 0) is 13.0 Å². The fourth-order valence-electron chi connectivity index (χ4n) is 3.62. The van der Waals surface area contributed by atoms with Gasteiger partial charge in [-0.25, -0.2) is 4.98 Å². The Morgan fingerprint density at radius 1 is 0.800 bits per heavy atom. The molecule has 0 aliphatic rings. The van der Waals surface area contributed by atoms with Crippen molar-refractivity contribution in [2.45, 2.75) is 20.4 Å². The van der Waals surface area contributed by atoms with E-state index in [1.54, 1.807) is 0 Å². The lowest BCUT2D eigenvalue weighted by atomic mass is 9.96. The van der Waals surface area contributed by atoms with Crippen molar-refractivity contribution in [3.8, 4) is 33.8 Å². The first kappa shape index (κ1) is 21.0. The van der Waals surface area contributed by atoms with Gasteiger partial charge in [0.15, 0.2) is 0 Å². The van der Waals surface area contributed by atoms with Gasteiger partial charge in [-0.15, -0.1) is 13.2 Å². The summed E-state index contributed by atoms with van der Waals surface area (Å²) in [6.45, 7) is 8.52. The Labute approximate surface area is 179 Å². The number of hydrogen-bond acceptors (Lipinski definition) is 2. The van der Waals surface area contributed by atoms with Gasteiger partial charge in [0, 0.05) is 24.7 Å². The summed E-state index contributed by atoms with van der Waals surface area (Å²) in [4.78, 5) is 9.69. The van der Waals surface area contributed by atoms with Crippen LogP contribution in [-0.4, -0.2) is 14.5 Å². The molecule has 0 radical (unpaired) electrons. The van der Waals surface area contributed by atoms with Crippen LogP contribution in [0.2, 0.25) is 0 Å². The normalized spacial score (nSPS) is 10.3. The minimum absolute atomic E-state index is 0. The zero-order valence-corrected chi connectivity index (χ0v) is 16.3. The molecule has 0 aliphatic heterocycles. The molecule has 30 heavy (non-hydrogen) atoms. The molecule has 0 atom stereocenters. The molecule has 3 heteroatoms. The Balaban J connectivity index is 0.00000256. The highest BCUT2D eigenvalue weighted by Crippen LogP contribution is 2.37. The smallest absolute Gasteiger partial charge is 0.114 e. The van der Waals surface area contributed by atoms with Crippen molar-refractivity contribution >= 4 is 0 Å². The van der Waals surface area contributed by atoms with Gasteiger partial charge in [0.25, 0.3) is 0 Å². The van der Waals surface area contributed by atoms with Crippen LogP contribution >= 0.6 is 0 Å². The van der Waals surface area contributed by atoms with E-state index in [9.17, 15) is 0 Å². The van der Waals surface area contributed by atoms with E-state index in [2.05, 4.69) is 71.2 Å². The number of aromatic nitrogens is 3. The average molecular weight is 394 g/mol. The monoisotopic (exact) mass is 393 g/mol. The molecule has 2 aromatic carbocycles. The second-order valence-electron chi connectivity index (χ2n) is 6.74. The number of hydrogen-bond donors (Lipinski definition) is 0. The number of imidazole rings is 1. The quantitative estimate of drug-likeness (QED) is 0.322. The van der Waals surface area contributed by atoms with E-state index in [0.717, 1.165) is 34.0 Å². The van der Waals surface area contributed by atoms with E-state index in [1.165, 1.54) is 5.56 Å². The van der Waals surface area contributed by atoms with Gasteiger partial charge in [0.05, 0.1) is 17.1 Å². The Morgan fingerprint density at radius 3 is 2.17 bits per heavy atom. The molecule has 2 heterocycles. The highest BCUT2D eigenvalue weighted by atomic mass is 15.1. The summed E-state index contributed by atoms with van der Waals surface area (Å²) in [5, 5.41) is 0. The molecule has 0 saturated heterocycles. The number of benzene rings is 2. The van der Waals surface area contributed by atoms with Crippen molar-refractivity contribution in [3.05, 3.63) is 110 Å². The van der Waals surface area contributed by atoms with Crippen molar-refractivity contribution in [2.75, 3.05) is 0 Å². The molecule has 150 valence electrons. The zero-order valence-electron chi connectivity index (χ0n) is 16.3. The molecule has 0 saturated carbocycles. The number of pyridine rings is 1. The Hall–Kier alpha value is -3.72. The molecule has 0 amide bonds. The van der Waals surface area contributed by atoms with Crippen molar-refractivity contribution in [1.82, 2.24) is 14.5 Å². The number of nitrogens with zero attached hydrogens (tertiary/aromatic N) is 3. The van der Waals surface area contributed by atoms with Crippen molar-refractivity contribution in [3.63, 3.8) is 0 Å². The maximum atomic E-state index is 5.06. The molecule has 4 aromatic rings. The summed E-state index contributed by atoms with van der Waals surface area (Å²) < 4.78 is 2.19. The standard InChI is InChI=1S/C26H23N3.CH4/c1-3-12-24-28-25(26(29(24)19-4-2)23-17-10-11-18-27-23)22-16-9-8-15-21(22)20-13-6-5-7-14-20;/h3-11,13-18H,1-2,12,19H2;1H4. The topological polar surface area (TPSA) is 30.7 Å². The molecular weight excluding hydrogens is 366 g/mol. The molecule has 0 N–H and O–H groups in total. The van der Waals surface area contributed by atoms with Crippen LogP contribution in [0.25, 0.3) is 33.8 Å². The lowest BCUT2D eigenvalue weighted by Crippen LogP contribution is -2.04. The SMILES string of the molecule is C.C=CCc1nc(-c2ccccc2-c2ccccc2)c(-c2ccccn2)n1CC=C. The van der Waals surface area contributed by atoms with Crippen LogP contribution in [0, 0.1) is 0 Å². The molecule has 0 spiro atoms. The van der Waals surface area contributed by atoms with Crippen LogP contribution in [0.4, 0.5) is 0 Å². The summed E-state index contributed by atoms with van der Waals surface area (Å²) >= 11 is 0. The Kier molecular flexibility index (Phi) is 6.76. The van der Waals surface area contributed by atoms with Gasteiger partial charge in [-0.3, -0.25) is 4.98 Å². The third-order valence-electron chi connectivity index (χ3n) is 4.86. The first-order chi connectivity index (χ1) is 14.3. The van der Waals surface area contributed by atoms with Gasteiger partial charge in [0.1, 0.15) is 5.82 Å². The largest absolute Gasteiger partial charge is 0.322 e. The summed E-state index contributed by atoms with van der Waals surface area (Å²) in [5.41, 5.74) is 6.24. The van der Waals surface area contributed by atoms with E-state index >= 15 is 0 Å². The fraction of sp³-hybridized carbons (Fsp3) is 0.111. The molecule has 4 rings (SSSR count). The van der Waals surface area contributed by atoms with Gasteiger partial charge in [0.2, 0.25) is 0 Å². The predicted molar refractivity (Wildman–Crippen MR) is 127 cm³/mol. The second kappa shape index (κ2) is 9.66. The minimum Gasteiger partial charge on any atom is -0.322 e. The third-order valence-corrected chi connectivity index (χ3v) is 4.86. The predicted octanol–water partition coefficient (Wildman–Crippen LogP) is 6.83. The van der Waals surface area contributed by atoms with Crippen LogP contribution in [0.1, 0.15) is 13.3 Å². The maximum Gasteiger partial charge on any atom is 0.114 e. The van der Waals surface area contributed by atoms with E-state index < -0.39 is 0 Å². The number of rotatable bonds is 7. The van der Waals surface area contributed by atoms with E-state index in [-0.39, 0.29) is 7.43 Å². The molecule has 2 aromatic heterocycles. The molecule has 0 aliphatic carbocycles. The molecule has 0 fully saturated rings. The summed E-state index contributed by atoms with van der Waals surface area (Å²) in [7, 11) is 0. The van der Waals surface area contributed by atoms with Gasteiger partial charge in [-0.2, -0.15) is 0 Å². The molecule has 0 bridgehead atoms. The minimum atomic E-state index is 0. The number of allylic oxidation sites excluding steroid dienone is 2. The van der Waals surface area contributed by atoms with E-state index in [1.807, 2.05) is 42.6 Å². The maximum absolute atomic E-state index is 5.06. The summed E-state index contributed by atoms with van der Waals surface area (Å²) in [5.74, 6) is 0.957. The lowest BCUT2D eigenvalue weighted by Gasteiger charge is -2.12. The van der Waals surface area contributed by atoms with Gasteiger partial charge >= 0.3 is 0 Å². The van der Waals surface area contributed by atoms with E-state index in [4.69, 9.17) is 4.98 Å². The molecular formula is C27H27N3. The summed E-state index contributed by atoms with van der Waals surface area (Å²) in [6.07, 6.45) is 6.28. The second-order valence-corrected chi connectivity index (χ2v) is 6.74. The zero-order chi connectivity index (χ0) is 20.1.